The van der Waals surface area contributed by atoms with E-state index >= 15 is 0 Å². The van der Waals surface area contributed by atoms with Gasteiger partial charge in [-0.15, -0.1) is 0 Å². The van der Waals surface area contributed by atoms with E-state index in [1.807, 2.05) is 0 Å². The van der Waals surface area contributed by atoms with Crippen LogP contribution in [-0.4, -0.2) is 21.8 Å². The van der Waals surface area contributed by atoms with Crippen LogP contribution in [0.3, 0.4) is 0 Å². The molecule has 1 rings (SSSR count). The van der Waals surface area contributed by atoms with E-state index in [2.05, 4.69) is 15.9 Å². The Bertz CT molecular complexity index is 492. The Labute approximate surface area is 118 Å². The zero-order chi connectivity index (χ0) is 14.4. The number of halogens is 1. The fraction of sp³-hybridized carbons (Fsp3) is 0.455. The minimum Gasteiger partial charge on any atom is -0.487 e. The molecule has 104 valence electrons. The fourth-order valence-electron chi connectivity index (χ4n) is 1.54. The molecule has 0 saturated carbocycles. The van der Waals surface area contributed by atoms with Crippen molar-refractivity contribution in [2.45, 2.75) is 19.8 Å². The molecule has 0 aliphatic carbocycles. The Hall–Kier alpha value is -1.70. The third kappa shape index (κ3) is 4.16. The van der Waals surface area contributed by atoms with Crippen LogP contribution in [0, 0.1) is 27.2 Å². The van der Waals surface area contributed by atoms with Crippen LogP contribution in [0.15, 0.2) is 12.1 Å². The normalized spacial score (nSPS) is 10.2. The van der Waals surface area contributed by atoms with Gasteiger partial charge < -0.3 is 4.74 Å². The number of nitrogens with zero attached hydrogens (tertiary/aromatic N) is 2. The van der Waals surface area contributed by atoms with Crippen LogP contribution in [-0.2, 0) is 0 Å². The Kier molecular flexibility index (Phi) is 5.68. The SMILES string of the molecule is Cc1cc([N+](=O)[O-])cc([N+](=O)[O-])c1OCCCCBr. The van der Waals surface area contributed by atoms with Crippen LogP contribution in [0.1, 0.15) is 18.4 Å². The second kappa shape index (κ2) is 7.03. The molecule has 0 atom stereocenters. The Morgan fingerprint density at radius 2 is 1.89 bits per heavy atom. The number of alkyl halides is 1. The van der Waals surface area contributed by atoms with Crippen molar-refractivity contribution >= 4 is 27.3 Å². The van der Waals surface area contributed by atoms with Crippen LogP contribution in [0.4, 0.5) is 11.4 Å². The maximum atomic E-state index is 10.9. The minimum absolute atomic E-state index is 0.102. The molecule has 1 aromatic carbocycles. The van der Waals surface area contributed by atoms with Gasteiger partial charge >= 0.3 is 5.69 Å². The second-order valence-electron chi connectivity index (χ2n) is 3.87. The fourth-order valence-corrected chi connectivity index (χ4v) is 1.93. The Morgan fingerprint density at radius 3 is 2.42 bits per heavy atom. The molecule has 8 heteroatoms. The molecule has 0 saturated heterocycles. The van der Waals surface area contributed by atoms with Crippen LogP contribution in [0.25, 0.3) is 0 Å². The molecular weight excluding hydrogens is 320 g/mol. The number of unbranched alkanes of at least 4 members (excludes halogenated alkanes) is 1. The van der Waals surface area contributed by atoms with E-state index < -0.39 is 9.85 Å². The first kappa shape index (κ1) is 15.4. The Morgan fingerprint density at radius 1 is 1.21 bits per heavy atom. The van der Waals surface area contributed by atoms with Crippen molar-refractivity contribution in [1.82, 2.24) is 0 Å². The summed E-state index contributed by atoms with van der Waals surface area (Å²) in [6, 6.07) is 2.19. The molecule has 0 aliphatic heterocycles. The van der Waals surface area contributed by atoms with E-state index in [1.165, 1.54) is 6.07 Å². The molecule has 0 spiro atoms. The largest absolute Gasteiger partial charge is 0.487 e. The standard InChI is InChI=1S/C11H13BrN2O5/c1-8-6-9(13(15)16)7-10(14(17)18)11(8)19-5-3-2-4-12/h6-7H,2-5H2,1H3. The van der Waals surface area contributed by atoms with Crippen LogP contribution in [0.2, 0.25) is 0 Å². The summed E-state index contributed by atoms with van der Waals surface area (Å²) in [6.45, 7) is 1.89. The molecule has 0 aromatic heterocycles. The Balaban J connectivity index is 3.01. The first-order valence-corrected chi connectivity index (χ1v) is 6.71. The summed E-state index contributed by atoms with van der Waals surface area (Å²) < 4.78 is 5.38. The molecule has 0 radical (unpaired) electrons. The zero-order valence-corrected chi connectivity index (χ0v) is 11.9. The van der Waals surface area contributed by atoms with Crippen LogP contribution in [0.5, 0.6) is 5.75 Å². The number of nitro benzene ring substituents is 2. The van der Waals surface area contributed by atoms with Crippen molar-refractivity contribution < 1.29 is 14.6 Å². The van der Waals surface area contributed by atoms with E-state index in [-0.39, 0.29) is 17.1 Å². The molecule has 0 amide bonds. The summed E-state index contributed by atoms with van der Waals surface area (Å²) in [5.41, 5.74) is -0.290. The predicted molar refractivity (Wildman–Crippen MR) is 73.0 cm³/mol. The van der Waals surface area contributed by atoms with Crippen molar-refractivity contribution in [2.75, 3.05) is 11.9 Å². The number of hydrogen-bond donors (Lipinski definition) is 0. The van der Waals surface area contributed by atoms with Crippen molar-refractivity contribution in [3.05, 3.63) is 37.9 Å². The number of nitro groups is 2. The van der Waals surface area contributed by atoms with E-state index in [1.54, 1.807) is 6.92 Å². The highest BCUT2D eigenvalue weighted by molar-refractivity contribution is 9.09. The first-order chi connectivity index (χ1) is 8.97. The minimum atomic E-state index is -0.667. The lowest BCUT2D eigenvalue weighted by Crippen LogP contribution is -2.03. The summed E-state index contributed by atoms with van der Waals surface area (Å²) in [5, 5.41) is 22.4. The molecule has 19 heavy (non-hydrogen) atoms. The van der Waals surface area contributed by atoms with Gasteiger partial charge in [-0.1, -0.05) is 15.9 Å². The predicted octanol–water partition coefficient (Wildman–Crippen LogP) is 3.37. The van der Waals surface area contributed by atoms with Gasteiger partial charge in [-0.2, -0.15) is 0 Å². The third-order valence-corrected chi connectivity index (χ3v) is 2.98. The summed E-state index contributed by atoms with van der Waals surface area (Å²) in [6.07, 6.45) is 1.64. The van der Waals surface area contributed by atoms with Crippen molar-refractivity contribution in [3.63, 3.8) is 0 Å². The molecule has 0 N–H and O–H groups in total. The van der Waals surface area contributed by atoms with Gasteiger partial charge in [0.25, 0.3) is 5.69 Å². The maximum Gasteiger partial charge on any atom is 0.318 e. The summed E-state index contributed by atoms with van der Waals surface area (Å²) in [5.74, 6) is 0.102. The van der Waals surface area contributed by atoms with Crippen molar-refractivity contribution in [3.8, 4) is 5.75 Å². The highest BCUT2D eigenvalue weighted by Crippen LogP contribution is 2.35. The van der Waals surface area contributed by atoms with Gasteiger partial charge in [-0.05, 0) is 19.8 Å². The van der Waals surface area contributed by atoms with E-state index in [0.29, 0.717) is 12.2 Å². The third-order valence-electron chi connectivity index (χ3n) is 2.42. The number of benzene rings is 1. The lowest BCUT2D eigenvalue weighted by molar-refractivity contribution is -0.394. The first-order valence-electron chi connectivity index (χ1n) is 5.59. The molecule has 1 aromatic rings. The highest BCUT2D eigenvalue weighted by Gasteiger charge is 2.23. The number of non-ortho nitro benzene ring substituents is 1. The van der Waals surface area contributed by atoms with Gasteiger partial charge in [0.2, 0.25) is 5.75 Å². The topological polar surface area (TPSA) is 95.5 Å². The molecular formula is C11H13BrN2O5. The molecule has 7 nitrogen and oxygen atoms in total. The smallest absolute Gasteiger partial charge is 0.318 e. The monoisotopic (exact) mass is 332 g/mol. The average molecular weight is 333 g/mol. The summed E-state index contributed by atoms with van der Waals surface area (Å²) in [7, 11) is 0. The number of hydrogen-bond acceptors (Lipinski definition) is 5. The number of rotatable bonds is 7. The van der Waals surface area contributed by atoms with Gasteiger partial charge in [0, 0.05) is 17.0 Å². The van der Waals surface area contributed by atoms with Gasteiger partial charge in [0.1, 0.15) is 0 Å². The van der Waals surface area contributed by atoms with E-state index in [0.717, 1.165) is 24.2 Å². The average Bonchev–Trinajstić information content (AvgIpc) is 2.35. The lowest BCUT2D eigenvalue weighted by atomic mass is 10.1. The van der Waals surface area contributed by atoms with Gasteiger partial charge in [-0.3, -0.25) is 20.2 Å². The molecule has 0 bridgehead atoms. The second-order valence-corrected chi connectivity index (χ2v) is 4.66. The van der Waals surface area contributed by atoms with E-state index in [9.17, 15) is 20.2 Å². The molecule has 0 aliphatic rings. The number of aryl methyl sites for hydroxylation is 1. The summed E-state index contributed by atoms with van der Waals surface area (Å²) in [4.78, 5) is 20.3. The zero-order valence-electron chi connectivity index (χ0n) is 10.3. The van der Waals surface area contributed by atoms with E-state index in [4.69, 9.17) is 4.74 Å². The molecule has 0 unspecified atom stereocenters. The quantitative estimate of drug-likeness (QED) is 0.330. The lowest BCUT2D eigenvalue weighted by Gasteiger charge is -2.09. The van der Waals surface area contributed by atoms with Gasteiger partial charge in [0.15, 0.2) is 0 Å². The van der Waals surface area contributed by atoms with Crippen LogP contribution < -0.4 is 4.74 Å². The molecule has 0 fully saturated rings. The van der Waals surface area contributed by atoms with Crippen molar-refractivity contribution in [1.29, 1.82) is 0 Å². The van der Waals surface area contributed by atoms with Gasteiger partial charge in [-0.25, -0.2) is 0 Å². The van der Waals surface area contributed by atoms with Crippen LogP contribution >= 0.6 is 15.9 Å². The summed E-state index contributed by atoms with van der Waals surface area (Å²) >= 11 is 3.27. The maximum absolute atomic E-state index is 10.9. The molecule has 0 heterocycles. The van der Waals surface area contributed by atoms with Crippen molar-refractivity contribution in [2.24, 2.45) is 0 Å². The number of ether oxygens (including phenoxy) is 1. The van der Waals surface area contributed by atoms with Gasteiger partial charge in [0.05, 0.1) is 22.5 Å². The highest BCUT2D eigenvalue weighted by atomic mass is 79.9.